The molecule has 172 valence electrons. The first kappa shape index (κ1) is 23.4. The summed E-state index contributed by atoms with van der Waals surface area (Å²) in [6, 6.07) is 26.4. The van der Waals surface area contributed by atoms with Crippen molar-refractivity contribution < 1.29 is 14.3 Å². The lowest BCUT2D eigenvalue weighted by atomic mass is 10.0. The number of ether oxygens (including phenoxy) is 1. The number of esters is 1. The van der Waals surface area contributed by atoms with Crippen molar-refractivity contribution in [2.45, 2.75) is 26.3 Å². The first-order valence-corrected chi connectivity index (χ1v) is 12.1. The van der Waals surface area contributed by atoms with Gasteiger partial charge in [0.15, 0.2) is 4.80 Å². The van der Waals surface area contributed by atoms with E-state index in [9.17, 15) is 9.59 Å². The first-order valence-electron chi connectivity index (χ1n) is 11.3. The number of benzene rings is 3. The summed E-state index contributed by atoms with van der Waals surface area (Å²) in [7, 11) is 0. The molecule has 0 aliphatic heterocycles. The molecule has 1 atom stereocenters. The SMILES string of the molecule is CCOC(=O)C(CC)n1/c(=N\C(=O)/C(=C/c2ccccc2)c2ccccc2)sc2ccccc21. The Morgan fingerprint density at radius 3 is 2.26 bits per heavy atom. The molecule has 0 bridgehead atoms. The van der Waals surface area contributed by atoms with Gasteiger partial charge in [-0.2, -0.15) is 4.99 Å². The van der Waals surface area contributed by atoms with Crippen LogP contribution in [0.15, 0.2) is 89.9 Å². The Kier molecular flexibility index (Phi) is 7.50. The number of para-hydroxylation sites is 1. The standard InChI is InChI=1S/C28H26N2O3S/c1-3-23(27(32)33-4-2)30-24-17-11-12-18-25(24)34-28(30)29-26(31)22(21-15-9-6-10-16-21)19-20-13-7-5-8-14-20/h5-19,23H,3-4H2,1-2H3/b22-19+,29-28+. The topological polar surface area (TPSA) is 60.7 Å². The van der Waals surface area contributed by atoms with Gasteiger partial charge in [0, 0.05) is 5.57 Å². The van der Waals surface area contributed by atoms with E-state index in [2.05, 4.69) is 4.99 Å². The Morgan fingerprint density at radius 1 is 0.941 bits per heavy atom. The predicted molar refractivity (Wildman–Crippen MR) is 137 cm³/mol. The molecule has 0 N–H and O–H groups in total. The molecule has 0 spiro atoms. The Hall–Kier alpha value is -3.77. The maximum Gasteiger partial charge on any atom is 0.329 e. The fraction of sp³-hybridized carbons (Fsp3) is 0.179. The van der Waals surface area contributed by atoms with Crippen molar-refractivity contribution >= 4 is 45.1 Å². The second kappa shape index (κ2) is 10.9. The van der Waals surface area contributed by atoms with Crippen molar-refractivity contribution in [1.82, 2.24) is 4.57 Å². The van der Waals surface area contributed by atoms with E-state index in [4.69, 9.17) is 4.74 Å². The quantitative estimate of drug-likeness (QED) is 0.192. The average Bonchev–Trinajstić information content (AvgIpc) is 3.22. The minimum Gasteiger partial charge on any atom is -0.464 e. The third-order valence-corrected chi connectivity index (χ3v) is 6.45. The van der Waals surface area contributed by atoms with E-state index in [1.165, 1.54) is 11.3 Å². The number of fused-ring (bicyclic) bond motifs is 1. The summed E-state index contributed by atoms with van der Waals surface area (Å²) in [5, 5.41) is 0. The van der Waals surface area contributed by atoms with Crippen LogP contribution in [0.25, 0.3) is 21.9 Å². The molecule has 1 unspecified atom stereocenters. The van der Waals surface area contributed by atoms with Gasteiger partial charge in [-0.25, -0.2) is 4.79 Å². The van der Waals surface area contributed by atoms with E-state index >= 15 is 0 Å². The Labute approximate surface area is 202 Å². The zero-order valence-electron chi connectivity index (χ0n) is 19.2. The van der Waals surface area contributed by atoms with Gasteiger partial charge in [-0.3, -0.25) is 4.79 Å². The number of rotatable bonds is 7. The van der Waals surface area contributed by atoms with Crippen LogP contribution in [0.1, 0.15) is 37.4 Å². The Bertz CT molecular complexity index is 1390. The molecule has 34 heavy (non-hydrogen) atoms. The first-order chi connectivity index (χ1) is 16.6. The van der Waals surface area contributed by atoms with E-state index < -0.39 is 6.04 Å². The largest absolute Gasteiger partial charge is 0.464 e. The van der Waals surface area contributed by atoms with Crippen LogP contribution < -0.4 is 4.80 Å². The highest BCUT2D eigenvalue weighted by Crippen LogP contribution is 2.24. The molecular weight excluding hydrogens is 444 g/mol. The minimum atomic E-state index is -0.569. The van der Waals surface area contributed by atoms with Crippen molar-refractivity contribution in [2.24, 2.45) is 4.99 Å². The lowest BCUT2D eigenvalue weighted by molar-refractivity contribution is -0.147. The summed E-state index contributed by atoms with van der Waals surface area (Å²) in [5.41, 5.74) is 3.03. The van der Waals surface area contributed by atoms with Crippen molar-refractivity contribution in [3.05, 3.63) is 101 Å². The van der Waals surface area contributed by atoms with Crippen LogP contribution in [0.5, 0.6) is 0 Å². The number of aromatic nitrogens is 1. The maximum atomic E-state index is 13.6. The number of carbonyl (C=O) groups is 2. The summed E-state index contributed by atoms with van der Waals surface area (Å²) in [4.78, 5) is 31.4. The molecule has 6 heteroatoms. The molecule has 1 amide bonds. The van der Waals surface area contributed by atoms with E-state index in [0.29, 0.717) is 23.4 Å². The molecule has 1 aromatic heterocycles. The van der Waals surface area contributed by atoms with Crippen molar-refractivity contribution in [1.29, 1.82) is 0 Å². The van der Waals surface area contributed by atoms with Gasteiger partial charge < -0.3 is 9.30 Å². The molecule has 3 aromatic carbocycles. The van der Waals surface area contributed by atoms with Crippen LogP contribution in [-0.4, -0.2) is 23.1 Å². The number of nitrogens with zero attached hydrogens (tertiary/aromatic N) is 2. The van der Waals surface area contributed by atoms with Gasteiger partial charge in [0.1, 0.15) is 6.04 Å². The zero-order valence-corrected chi connectivity index (χ0v) is 20.0. The Morgan fingerprint density at radius 2 is 1.59 bits per heavy atom. The summed E-state index contributed by atoms with van der Waals surface area (Å²) < 4.78 is 8.11. The Balaban J connectivity index is 1.89. The number of thiazole rings is 1. The van der Waals surface area contributed by atoms with Crippen LogP contribution in [0.3, 0.4) is 0 Å². The highest BCUT2D eigenvalue weighted by molar-refractivity contribution is 7.16. The lowest BCUT2D eigenvalue weighted by Crippen LogP contribution is -2.29. The fourth-order valence-electron chi connectivity index (χ4n) is 3.81. The normalized spacial score (nSPS) is 13.1. The predicted octanol–water partition coefficient (Wildman–Crippen LogP) is 5.89. The van der Waals surface area contributed by atoms with Gasteiger partial charge in [0.2, 0.25) is 0 Å². The van der Waals surface area contributed by atoms with Crippen molar-refractivity contribution in [3.8, 4) is 0 Å². The molecular formula is C28H26N2O3S. The maximum absolute atomic E-state index is 13.6. The number of hydrogen-bond donors (Lipinski definition) is 0. The highest BCUT2D eigenvalue weighted by atomic mass is 32.1. The third-order valence-electron chi connectivity index (χ3n) is 5.41. The smallest absolute Gasteiger partial charge is 0.329 e. The molecule has 0 saturated heterocycles. The molecule has 0 radical (unpaired) electrons. The van der Waals surface area contributed by atoms with E-state index in [0.717, 1.165) is 21.3 Å². The van der Waals surface area contributed by atoms with Crippen LogP contribution in [0, 0.1) is 0 Å². The van der Waals surface area contributed by atoms with Crippen LogP contribution in [0.4, 0.5) is 0 Å². The minimum absolute atomic E-state index is 0.293. The zero-order chi connectivity index (χ0) is 23.9. The fourth-order valence-corrected chi connectivity index (χ4v) is 4.88. The van der Waals surface area contributed by atoms with Gasteiger partial charge in [-0.15, -0.1) is 0 Å². The van der Waals surface area contributed by atoms with Gasteiger partial charge in [0.25, 0.3) is 5.91 Å². The van der Waals surface area contributed by atoms with Crippen LogP contribution in [0.2, 0.25) is 0 Å². The highest BCUT2D eigenvalue weighted by Gasteiger charge is 2.24. The molecule has 4 rings (SSSR count). The molecule has 0 saturated carbocycles. The summed E-state index contributed by atoms with van der Waals surface area (Å²) >= 11 is 1.39. The van der Waals surface area contributed by atoms with Gasteiger partial charge >= 0.3 is 5.97 Å². The summed E-state index contributed by atoms with van der Waals surface area (Å²) in [5.74, 6) is -0.695. The van der Waals surface area contributed by atoms with E-state index in [1.807, 2.05) is 102 Å². The van der Waals surface area contributed by atoms with E-state index in [1.54, 1.807) is 6.92 Å². The van der Waals surface area contributed by atoms with Crippen LogP contribution >= 0.6 is 11.3 Å². The third kappa shape index (κ3) is 5.07. The second-order valence-electron chi connectivity index (χ2n) is 7.65. The lowest BCUT2D eigenvalue weighted by Gasteiger charge is -2.16. The molecule has 0 aliphatic carbocycles. The average molecular weight is 471 g/mol. The molecule has 0 fully saturated rings. The molecule has 5 nitrogen and oxygen atoms in total. The number of carbonyl (C=O) groups excluding carboxylic acids is 2. The molecule has 4 aromatic rings. The number of hydrogen-bond acceptors (Lipinski definition) is 4. The molecule has 0 aliphatic rings. The van der Waals surface area contributed by atoms with Gasteiger partial charge in [-0.1, -0.05) is 91.1 Å². The van der Waals surface area contributed by atoms with Gasteiger partial charge in [0.05, 0.1) is 16.8 Å². The van der Waals surface area contributed by atoms with Crippen molar-refractivity contribution in [3.63, 3.8) is 0 Å². The molecule has 1 heterocycles. The second-order valence-corrected chi connectivity index (χ2v) is 8.66. The van der Waals surface area contributed by atoms with Gasteiger partial charge in [-0.05, 0) is 42.7 Å². The summed E-state index contributed by atoms with van der Waals surface area (Å²) in [6.45, 7) is 4.01. The monoisotopic (exact) mass is 470 g/mol. The summed E-state index contributed by atoms with van der Waals surface area (Å²) in [6.07, 6.45) is 2.37. The number of amides is 1. The van der Waals surface area contributed by atoms with Crippen LogP contribution in [-0.2, 0) is 14.3 Å². The van der Waals surface area contributed by atoms with Crippen molar-refractivity contribution in [2.75, 3.05) is 6.61 Å². The van der Waals surface area contributed by atoms with E-state index in [-0.39, 0.29) is 11.9 Å².